The summed E-state index contributed by atoms with van der Waals surface area (Å²) in [4.78, 5) is 37.0. The lowest BCUT2D eigenvalue weighted by molar-refractivity contribution is -0.130. The highest BCUT2D eigenvalue weighted by molar-refractivity contribution is 6.08. The summed E-state index contributed by atoms with van der Waals surface area (Å²) in [5, 5.41) is 0. The molecule has 124 valence electrons. The lowest BCUT2D eigenvalue weighted by Gasteiger charge is -2.23. The van der Waals surface area contributed by atoms with Crippen molar-refractivity contribution in [3.63, 3.8) is 0 Å². The third-order valence-electron chi connectivity index (χ3n) is 3.97. The minimum Gasteiger partial charge on any atom is -0.303 e. The average Bonchev–Trinajstić information content (AvgIpc) is 2.59. The van der Waals surface area contributed by atoms with Gasteiger partial charge in [-0.15, -0.1) is 0 Å². The molecule has 2 unspecified atom stereocenters. The fourth-order valence-electron chi connectivity index (χ4n) is 2.67. The number of aldehydes is 1. The van der Waals surface area contributed by atoms with Gasteiger partial charge in [-0.3, -0.25) is 9.59 Å². The zero-order valence-corrected chi connectivity index (χ0v) is 13.6. The van der Waals surface area contributed by atoms with Gasteiger partial charge < -0.3 is 4.79 Å². The molecule has 0 aliphatic carbocycles. The number of hydrogen-bond donors (Lipinski definition) is 0. The number of hydrogen-bond acceptors (Lipinski definition) is 3. The maximum Gasteiger partial charge on any atom is 0.171 e. The molecule has 0 fully saturated rings. The Morgan fingerprint density at radius 3 is 2.04 bits per heavy atom. The standard InChI is InChI=1S/C20H19FO3/c1-13(2)19(23)17(12-22)18(14-6-4-3-5-7-14)20(24)15-8-10-16(21)11-9-15/h3-13,17-18H,1-2H3. The van der Waals surface area contributed by atoms with Crippen LogP contribution in [0.4, 0.5) is 4.39 Å². The van der Waals surface area contributed by atoms with E-state index < -0.39 is 17.7 Å². The number of carbonyl (C=O) groups is 3. The van der Waals surface area contributed by atoms with Gasteiger partial charge in [-0.2, -0.15) is 0 Å². The molecule has 0 saturated heterocycles. The van der Waals surface area contributed by atoms with Gasteiger partial charge in [0.1, 0.15) is 17.9 Å². The van der Waals surface area contributed by atoms with Crippen LogP contribution in [0, 0.1) is 17.7 Å². The molecule has 0 aliphatic heterocycles. The monoisotopic (exact) mass is 326 g/mol. The Bertz CT molecular complexity index is 720. The van der Waals surface area contributed by atoms with Crippen molar-refractivity contribution in [3.8, 4) is 0 Å². The van der Waals surface area contributed by atoms with E-state index in [-0.39, 0.29) is 23.0 Å². The zero-order valence-electron chi connectivity index (χ0n) is 13.6. The Balaban J connectivity index is 2.50. The van der Waals surface area contributed by atoms with Crippen molar-refractivity contribution in [3.05, 3.63) is 71.5 Å². The van der Waals surface area contributed by atoms with Gasteiger partial charge in [-0.25, -0.2) is 4.39 Å². The number of Topliss-reactive ketones (excluding diaryl/α,β-unsaturated/α-hetero) is 2. The second-order valence-corrected chi connectivity index (χ2v) is 5.98. The maximum atomic E-state index is 13.1. The fraction of sp³-hybridized carbons (Fsp3) is 0.250. The van der Waals surface area contributed by atoms with Gasteiger partial charge in [-0.05, 0) is 29.8 Å². The molecule has 2 aromatic carbocycles. The SMILES string of the molecule is CC(C)C(=O)C(C=O)C(C(=O)c1ccc(F)cc1)c1ccccc1. The van der Waals surface area contributed by atoms with Crippen LogP contribution in [-0.4, -0.2) is 17.9 Å². The van der Waals surface area contributed by atoms with E-state index in [2.05, 4.69) is 0 Å². The Labute approximate surface area is 140 Å². The van der Waals surface area contributed by atoms with E-state index in [0.717, 1.165) is 0 Å². The van der Waals surface area contributed by atoms with Gasteiger partial charge in [0.2, 0.25) is 0 Å². The van der Waals surface area contributed by atoms with E-state index in [9.17, 15) is 18.8 Å². The minimum absolute atomic E-state index is 0.272. The first-order valence-corrected chi connectivity index (χ1v) is 7.79. The van der Waals surface area contributed by atoms with Crippen LogP contribution in [0.5, 0.6) is 0 Å². The summed E-state index contributed by atoms with van der Waals surface area (Å²) < 4.78 is 13.1. The molecule has 0 aromatic heterocycles. The highest BCUT2D eigenvalue weighted by atomic mass is 19.1. The van der Waals surface area contributed by atoms with Crippen LogP contribution in [-0.2, 0) is 9.59 Å². The number of benzene rings is 2. The molecular formula is C20H19FO3. The summed E-state index contributed by atoms with van der Waals surface area (Å²) in [5.41, 5.74) is 0.867. The molecule has 2 aromatic rings. The molecule has 2 rings (SSSR count). The third kappa shape index (κ3) is 3.82. The van der Waals surface area contributed by atoms with Gasteiger partial charge in [0.25, 0.3) is 0 Å². The lowest BCUT2D eigenvalue weighted by atomic mass is 9.77. The smallest absolute Gasteiger partial charge is 0.171 e. The van der Waals surface area contributed by atoms with E-state index in [1.54, 1.807) is 44.2 Å². The van der Waals surface area contributed by atoms with Gasteiger partial charge in [0.15, 0.2) is 5.78 Å². The Morgan fingerprint density at radius 2 is 1.54 bits per heavy atom. The first-order chi connectivity index (χ1) is 11.5. The maximum absolute atomic E-state index is 13.1. The molecule has 3 nitrogen and oxygen atoms in total. The topological polar surface area (TPSA) is 51.2 Å². The van der Waals surface area contributed by atoms with Crippen molar-refractivity contribution >= 4 is 17.9 Å². The predicted octanol–water partition coefficient (Wildman–Crippen LogP) is 3.83. The van der Waals surface area contributed by atoms with E-state index in [0.29, 0.717) is 11.8 Å². The quantitative estimate of drug-likeness (QED) is 0.441. The summed E-state index contributed by atoms with van der Waals surface area (Å²) in [7, 11) is 0. The van der Waals surface area contributed by atoms with Crippen molar-refractivity contribution in [1.82, 2.24) is 0 Å². The Kier molecular flexibility index (Phi) is 5.74. The normalized spacial score (nSPS) is 13.3. The molecule has 0 radical (unpaired) electrons. The predicted molar refractivity (Wildman–Crippen MR) is 89.3 cm³/mol. The van der Waals surface area contributed by atoms with E-state index in [1.165, 1.54) is 24.3 Å². The van der Waals surface area contributed by atoms with Gasteiger partial charge in [0.05, 0.1) is 11.8 Å². The second kappa shape index (κ2) is 7.77. The average molecular weight is 326 g/mol. The number of carbonyl (C=O) groups excluding carboxylic acids is 3. The zero-order chi connectivity index (χ0) is 17.7. The van der Waals surface area contributed by atoms with Gasteiger partial charge in [0, 0.05) is 11.5 Å². The molecule has 4 heteroatoms. The lowest BCUT2D eigenvalue weighted by Crippen LogP contribution is -2.32. The summed E-state index contributed by atoms with van der Waals surface area (Å²) >= 11 is 0. The van der Waals surface area contributed by atoms with Crippen molar-refractivity contribution in [2.45, 2.75) is 19.8 Å². The number of ketones is 2. The molecule has 0 heterocycles. The van der Waals surface area contributed by atoms with Crippen LogP contribution < -0.4 is 0 Å². The molecule has 0 spiro atoms. The summed E-state index contributed by atoms with van der Waals surface area (Å²) in [5.74, 6) is -3.45. The first kappa shape index (κ1) is 17.7. The minimum atomic E-state index is -1.06. The molecule has 24 heavy (non-hydrogen) atoms. The van der Waals surface area contributed by atoms with Gasteiger partial charge in [-0.1, -0.05) is 44.2 Å². The summed E-state index contributed by atoms with van der Waals surface area (Å²) in [6.45, 7) is 3.40. The third-order valence-corrected chi connectivity index (χ3v) is 3.97. The summed E-state index contributed by atoms with van der Waals surface area (Å²) in [6.07, 6.45) is 0.543. The summed E-state index contributed by atoms with van der Waals surface area (Å²) in [6, 6.07) is 13.9. The van der Waals surface area contributed by atoms with Crippen LogP contribution in [0.1, 0.15) is 35.7 Å². The molecule has 0 saturated carbocycles. The van der Waals surface area contributed by atoms with Crippen molar-refractivity contribution in [2.24, 2.45) is 11.8 Å². The van der Waals surface area contributed by atoms with Crippen molar-refractivity contribution < 1.29 is 18.8 Å². The highest BCUT2D eigenvalue weighted by Crippen LogP contribution is 2.30. The molecule has 0 bridgehead atoms. The van der Waals surface area contributed by atoms with Crippen molar-refractivity contribution in [2.75, 3.05) is 0 Å². The Hall–Kier alpha value is -2.62. The van der Waals surface area contributed by atoms with E-state index in [1.807, 2.05) is 0 Å². The fourth-order valence-corrected chi connectivity index (χ4v) is 2.67. The van der Waals surface area contributed by atoms with E-state index in [4.69, 9.17) is 0 Å². The van der Waals surface area contributed by atoms with Crippen LogP contribution in [0.15, 0.2) is 54.6 Å². The van der Waals surface area contributed by atoms with Crippen LogP contribution in [0.25, 0.3) is 0 Å². The van der Waals surface area contributed by atoms with Crippen LogP contribution >= 0.6 is 0 Å². The van der Waals surface area contributed by atoms with Crippen molar-refractivity contribution in [1.29, 1.82) is 0 Å². The molecule has 0 aliphatic rings. The first-order valence-electron chi connectivity index (χ1n) is 7.79. The largest absolute Gasteiger partial charge is 0.303 e. The van der Waals surface area contributed by atoms with E-state index >= 15 is 0 Å². The molecule has 0 N–H and O–H groups in total. The highest BCUT2D eigenvalue weighted by Gasteiger charge is 2.36. The number of rotatable bonds is 7. The van der Waals surface area contributed by atoms with Crippen LogP contribution in [0.3, 0.4) is 0 Å². The Morgan fingerprint density at radius 1 is 0.958 bits per heavy atom. The molecular weight excluding hydrogens is 307 g/mol. The van der Waals surface area contributed by atoms with Gasteiger partial charge >= 0.3 is 0 Å². The van der Waals surface area contributed by atoms with Crippen LogP contribution in [0.2, 0.25) is 0 Å². The number of halogens is 1. The second-order valence-electron chi connectivity index (χ2n) is 5.98. The molecule has 0 amide bonds. The molecule has 2 atom stereocenters.